The molecule has 3 aromatic rings. The van der Waals surface area contributed by atoms with Crippen LogP contribution in [-0.4, -0.2) is 50.8 Å². The SMILES string of the molecule is CC(=NOCCOc1ccc(CC2SC(=O)NC2=O)cc1)c1ccc(N(C)S(=O)(=O)c2ccccc2)cc1. The van der Waals surface area contributed by atoms with E-state index in [1.807, 2.05) is 12.1 Å². The van der Waals surface area contributed by atoms with Gasteiger partial charge in [0.2, 0.25) is 5.91 Å². The van der Waals surface area contributed by atoms with Crippen LogP contribution in [0.25, 0.3) is 0 Å². The van der Waals surface area contributed by atoms with Crippen molar-refractivity contribution in [3.63, 3.8) is 0 Å². The smallest absolute Gasteiger partial charge is 0.286 e. The summed E-state index contributed by atoms with van der Waals surface area (Å²) in [5.74, 6) is 0.399. The second-order valence-corrected chi connectivity index (χ2v) is 11.6. The van der Waals surface area contributed by atoms with E-state index in [2.05, 4.69) is 10.5 Å². The van der Waals surface area contributed by atoms with Crippen LogP contribution in [0.2, 0.25) is 0 Å². The first-order chi connectivity index (χ1) is 18.2. The van der Waals surface area contributed by atoms with Gasteiger partial charge in [0.1, 0.15) is 12.4 Å². The van der Waals surface area contributed by atoms with Crippen molar-refractivity contribution in [2.24, 2.45) is 5.16 Å². The molecule has 1 aliphatic heterocycles. The number of hydrogen-bond donors (Lipinski definition) is 1. The minimum Gasteiger partial charge on any atom is -0.490 e. The average Bonchev–Trinajstić information content (AvgIpc) is 3.25. The molecule has 11 heteroatoms. The fraction of sp³-hybridized carbons (Fsp3) is 0.222. The lowest BCUT2D eigenvalue weighted by atomic mass is 10.1. The quantitative estimate of drug-likeness (QED) is 0.215. The van der Waals surface area contributed by atoms with Crippen molar-refractivity contribution in [1.29, 1.82) is 0 Å². The summed E-state index contributed by atoms with van der Waals surface area (Å²) < 4.78 is 32.5. The Morgan fingerprint density at radius 2 is 1.66 bits per heavy atom. The highest BCUT2D eigenvalue weighted by atomic mass is 32.2. The molecule has 0 saturated carbocycles. The van der Waals surface area contributed by atoms with E-state index in [1.54, 1.807) is 73.7 Å². The molecule has 0 radical (unpaired) electrons. The zero-order chi connectivity index (χ0) is 27.1. The Balaban J connectivity index is 1.23. The monoisotopic (exact) mass is 553 g/mol. The first-order valence-corrected chi connectivity index (χ1v) is 14.1. The fourth-order valence-electron chi connectivity index (χ4n) is 3.66. The summed E-state index contributed by atoms with van der Waals surface area (Å²) in [5, 5.41) is 5.70. The van der Waals surface area contributed by atoms with Crippen molar-refractivity contribution < 1.29 is 27.6 Å². The molecule has 38 heavy (non-hydrogen) atoms. The third-order valence-electron chi connectivity index (χ3n) is 5.81. The zero-order valence-corrected chi connectivity index (χ0v) is 22.5. The highest BCUT2D eigenvalue weighted by Gasteiger charge is 2.31. The summed E-state index contributed by atoms with van der Waals surface area (Å²) in [4.78, 5) is 28.6. The van der Waals surface area contributed by atoms with Crippen molar-refractivity contribution in [2.45, 2.75) is 23.5 Å². The number of anilines is 1. The number of hydrogen-bond acceptors (Lipinski definition) is 8. The molecular formula is C27H27N3O6S2. The van der Waals surface area contributed by atoms with E-state index in [0.717, 1.165) is 22.9 Å². The third-order valence-corrected chi connectivity index (χ3v) is 8.59. The lowest BCUT2D eigenvalue weighted by Gasteiger charge is -2.19. The molecule has 9 nitrogen and oxygen atoms in total. The fourth-order valence-corrected chi connectivity index (χ4v) is 5.73. The van der Waals surface area contributed by atoms with Crippen molar-refractivity contribution in [3.8, 4) is 5.75 Å². The molecule has 1 unspecified atom stereocenters. The van der Waals surface area contributed by atoms with Gasteiger partial charge in [0.05, 0.1) is 21.5 Å². The predicted molar refractivity (Wildman–Crippen MR) is 147 cm³/mol. The molecule has 1 aliphatic rings. The van der Waals surface area contributed by atoms with Gasteiger partial charge in [0.25, 0.3) is 15.3 Å². The standard InChI is InChI=1S/C27H27N3O6S2/c1-19(21-10-12-22(13-11-21)30(2)38(33,34)24-6-4-3-5-7-24)29-36-17-16-35-23-14-8-20(9-15-23)18-25-26(31)28-27(32)37-25/h3-15,25H,16-18H2,1-2H3,(H,28,31,32). The molecule has 0 spiro atoms. The Bertz CT molecular complexity index is 1410. The van der Waals surface area contributed by atoms with Gasteiger partial charge in [-0.3, -0.25) is 19.2 Å². The molecule has 0 aliphatic carbocycles. The number of ether oxygens (including phenoxy) is 1. The summed E-state index contributed by atoms with van der Waals surface area (Å²) >= 11 is 1.01. The van der Waals surface area contributed by atoms with Crippen molar-refractivity contribution in [1.82, 2.24) is 5.32 Å². The number of sulfonamides is 1. The van der Waals surface area contributed by atoms with Crippen LogP contribution in [0.5, 0.6) is 5.75 Å². The number of thioether (sulfide) groups is 1. The maximum Gasteiger partial charge on any atom is 0.286 e. The topological polar surface area (TPSA) is 114 Å². The van der Waals surface area contributed by atoms with Crippen LogP contribution in [0.1, 0.15) is 18.1 Å². The van der Waals surface area contributed by atoms with Crippen LogP contribution in [0.15, 0.2) is 88.9 Å². The van der Waals surface area contributed by atoms with Crippen molar-refractivity contribution in [3.05, 3.63) is 90.0 Å². The second-order valence-electron chi connectivity index (χ2n) is 8.42. The van der Waals surface area contributed by atoms with Crippen molar-refractivity contribution in [2.75, 3.05) is 24.6 Å². The van der Waals surface area contributed by atoms with Crippen LogP contribution in [-0.2, 0) is 26.1 Å². The summed E-state index contributed by atoms with van der Waals surface area (Å²) in [6, 6.07) is 22.6. The first-order valence-electron chi connectivity index (χ1n) is 11.8. The normalized spacial score (nSPS) is 15.7. The van der Waals surface area contributed by atoms with E-state index in [4.69, 9.17) is 9.57 Å². The molecule has 4 rings (SSSR count). The van der Waals surface area contributed by atoms with Crippen LogP contribution >= 0.6 is 11.8 Å². The zero-order valence-electron chi connectivity index (χ0n) is 20.9. The summed E-state index contributed by atoms with van der Waals surface area (Å²) in [7, 11) is -2.13. The van der Waals surface area contributed by atoms with Gasteiger partial charge >= 0.3 is 0 Å². The minimum absolute atomic E-state index is 0.228. The van der Waals surface area contributed by atoms with Gasteiger partial charge in [-0.05, 0) is 60.9 Å². The largest absolute Gasteiger partial charge is 0.490 e. The van der Waals surface area contributed by atoms with Gasteiger partial charge in [-0.15, -0.1) is 0 Å². The molecule has 1 atom stereocenters. The first kappa shape index (κ1) is 27.2. The lowest BCUT2D eigenvalue weighted by Crippen LogP contribution is -2.26. The van der Waals surface area contributed by atoms with Gasteiger partial charge in [-0.1, -0.05) is 59.4 Å². The van der Waals surface area contributed by atoms with Crippen molar-refractivity contribution >= 4 is 44.3 Å². The number of imide groups is 1. The molecule has 0 aromatic heterocycles. The molecule has 3 aromatic carbocycles. The molecule has 1 fully saturated rings. The van der Waals surface area contributed by atoms with Crippen LogP contribution in [0, 0.1) is 0 Å². The molecule has 198 valence electrons. The van der Waals surface area contributed by atoms with E-state index >= 15 is 0 Å². The number of amides is 2. The summed E-state index contributed by atoms with van der Waals surface area (Å²) in [5.41, 5.74) is 2.91. The number of carbonyl (C=O) groups is 2. The van der Waals surface area contributed by atoms with Crippen LogP contribution in [0.4, 0.5) is 10.5 Å². The number of oxime groups is 1. The van der Waals surface area contributed by atoms with Crippen LogP contribution in [0.3, 0.4) is 0 Å². The number of nitrogens with zero attached hydrogens (tertiary/aromatic N) is 2. The third kappa shape index (κ3) is 6.73. The Kier molecular flexibility index (Phi) is 8.70. The molecule has 2 amide bonds. The number of carbonyl (C=O) groups excluding carboxylic acids is 2. The lowest BCUT2D eigenvalue weighted by molar-refractivity contribution is -0.118. The average molecular weight is 554 g/mol. The Hall–Kier alpha value is -3.83. The Morgan fingerprint density at radius 3 is 2.29 bits per heavy atom. The molecule has 1 saturated heterocycles. The summed E-state index contributed by atoms with van der Waals surface area (Å²) in [6.07, 6.45) is 0.472. The maximum atomic E-state index is 12.8. The van der Waals surface area contributed by atoms with Gasteiger partial charge in [0, 0.05) is 7.05 Å². The molecule has 1 heterocycles. The summed E-state index contributed by atoms with van der Waals surface area (Å²) in [6.45, 7) is 2.32. The van der Waals surface area contributed by atoms with Crippen LogP contribution < -0.4 is 14.4 Å². The van der Waals surface area contributed by atoms with Gasteiger partial charge in [-0.25, -0.2) is 8.42 Å². The van der Waals surface area contributed by atoms with E-state index < -0.39 is 15.3 Å². The maximum absolute atomic E-state index is 12.8. The van der Waals surface area contributed by atoms with E-state index in [0.29, 0.717) is 23.6 Å². The van der Waals surface area contributed by atoms with Gasteiger partial charge in [-0.2, -0.15) is 0 Å². The minimum atomic E-state index is -3.65. The predicted octanol–water partition coefficient (Wildman–Crippen LogP) is 4.23. The number of nitrogens with one attached hydrogen (secondary N) is 1. The van der Waals surface area contributed by atoms with Gasteiger partial charge < -0.3 is 9.57 Å². The van der Waals surface area contributed by atoms with E-state index in [9.17, 15) is 18.0 Å². The molecule has 0 bridgehead atoms. The van der Waals surface area contributed by atoms with E-state index in [1.165, 1.54) is 11.4 Å². The molecule has 1 N–H and O–H groups in total. The highest BCUT2D eigenvalue weighted by molar-refractivity contribution is 8.15. The molecular weight excluding hydrogens is 526 g/mol. The second kappa shape index (κ2) is 12.1. The Morgan fingerprint density at radius 1 is 0.974 bits per heavy atom. The van der Waals surface area contributed by atoms with E-state index in [-0.39, 0.29) is 29.3 Å². The van der Waals surface area contributed by atoms with Gasteiger partial charge in [0.15, 0.2) is 6.61 Å². The number of rotatable bonds is 11. The highest BCUT2D eigenvalue weighted by Crippen LogP contribution is 2.24. The Labute approximate surface area is 225 Å². The number of benzene rings is 3.